The second kappa shape index (κ2) is 6.78. The molecule has 1 aromatic rings. The van der Waals surface area contributed by atoms with Gasteiger partial charge in [-0.1, -0.05) is 6.92 Å². The van der Waals surface area contributed by atoms with Crippen molar-refractivity contribution in [3.05, 3.63) is 24.5 Å². The number of nitrogens with zero attached hydrogens (tertiary/aromatic N) is 1. The molecule has 0 saturated carbocycles. The zero-order valence-electron chi connectivity index (χ0n) is 7.99. The molecule has 13 heavy (non-hydrogen) atoms. The first kappa shape index (κ1) is 10.4. The van der Waals surface area contributed by atoms with E-state index in [2.05, 4.69) is 17.2 Å². The van der Waals surface area contributed by atoms with Crippen LogP contribution in [0.3, 0.4) is 0 Å². The van der Waals surface area contributed by atoms with Crippen molar-refractivity contribution in [2.75, 3.05) is 23.4 Å². The zero-order valence-corrected chi connectivity index (χ0v) is 8.81. The van der Waals surface area contributed by atoms with Gasteiger partial charge in [-0.25, -0.2) is 0 Å². The molecular weight excluding hydrogens is 180 g/mol. The van der Waals surface area contributed by atoms with E-state index in [4.69, 9.17) is 0 Å². The predicted octanol–water partition coefficient (Wildman–Crippen LogP) is 2.64. The van der Waals surface area contributed by atoms with Gasteiger partial charge in [0.1, 0.15) is 0 Å². The number of rotatable bonds is 6. The average Bonchev–Trinajstić information content (AvgIpc) is 2.19. The van der Waals surface area contributed by atoms with E-state index in [9.17, 15) is 0 Å². The molecule has 0 aliphatic heterocycles. The molecule has 3 heteroatoms. The Balaban J connectivity index is 2.07. The third kappa shape index (κ3) is 4.78. The fraction of sp³-hybridized carbons (Fsp3) is 0.500. The van der Waals surface area contributed by atoms with Crippen LogP contribution in [0.1, 0.15) is 13.3 Å². The van der Waals surface area contributed by atoms with E-state index in [-0.39, 0.29) is 0 Å². The number of hydrogen-bond donors (Lipinski definition) is 1. The van der Waals surface area contributed by atoms with Crippen LogP contribution in [0, 0.1) is 0 Å². The molecule has 0 bridgehead atoms. The lowest BCUT2D eigenvalue weighted by Crippen LogP contribution is -2.02. The van der Waals surface area contributed by atoms with Crippen molar-refractivity contribution >= 4 is 17.4 Å². The largest absolute Gasteiger partial charge is 0.384 e. The van der Waals surface area contributed by atoms with Gasteiger partial charge in [-0.05, 0) is 30.1 Å². The molecule has 1 aromatic heterocycles. The maximum atomic E-state index is 4.03. The summed E-state index contributed by atoms with van der Waals surface area (Å²) in [5.74, 6) is 2.46. The van der Waals surface area contributed by atoms with E-state index in [1.54, 1.807) is 6.20 Å². The Bertz CT molecular complexity index is 213. The van der Waals surface area contributed by atoms with Crippen molar-refractivity contribution in [2.45, 2.75) is 13.3 Å². The third-order valence-corrected chi connectivity index (χ3v) is 2.65. The summed E-state index contributed by atoms with van der Waals surface area (Å²) in [7, 11) is 0. The minimum absolute atomic E-state index is 1.04. The maximum Gasteiger partial charge on any atom is 0.0526 e. The molecule has 0 aliphatic rings. The summed E-state index contributed by atoms with van der Waals surface area (Å²) in [4.78, 5) is 4.03. The van der Waals surface area contributed by atoms with Crippen molar-refractivity contribution in [3.63, 3.8) is 0 Å². The Morgan fingerprint density at radius 3 is 3.15 bits per heavy atom. The molecule has 0 unspecified atom stereocenters. The van der Waals surface area contributed by atoms with Crippen LogP contribution < -0.4 is 5.32 Å². The van der Waals surface area contributed by atoms with Crippen LogP contribution in [0.2, 0.25) is 0 Å². The monoisotopic (exact) mass is 196 g/mol. The number of anilines is 1. The number of hydrogen-bond acceptors (Lipinski definition) is 3. The van der Waals surface area contributed by atoms with E-state index >= 15 is 0 Å². The first-order valence-electron chi connectivity index (χ1n) is 4.65. The van der Waals surface area contributed by atoms with Gasteiger partial charge in [0.25, 0.3) is 0 Å². The first-order chi connectivity index (χ1) is 6.43. The van der Waals surface area contributed by atoms with E-state index in [0.717, 1.165) is 12.2 Å². The molecule has 72 valence electrons. The minimum atomic E-state index is 1.04. The lowest BCUT2D eigenvalue weighted by atomic mass is 10.4. The molecule has 0 radical (unpaired) electrons. The zero-order chi connectivity index (χ0) is 9.36. The summed E-state index contributed by atoms with van der Waals surface area (Å²) in [5.41, 5.74) is 1.11. The number of aromatic nitrogens is 1. The van der Waals surface area contributed by atoms with Gasteiger partial charge >= 0.3 is 0 Å². The van der Waals surface area contributed by atoms with Crippen molar-refractivity contribution in [2.24, 2.45) is 0 Å². The third-order valence-electron chi connectivity index (χ3n) is 1.66. The van der Waals surface area contributed by atoms with E-state index in [1.165, 1.54) is 17.9 Å². The molecule has 0 amide bonds. The van der Waals surface area contributed by atoms with Crippen LogP contribution in [-0.4, -0.2) is 23.0 Å². The topological polar surface area (TPSA) is 24.9 Å². The highest BCUT2D eigenvalue weighted by Gasteiger charge is 1.89. The van der Waals surface area contributed by atoms with Gasteiger partial charge in [0, 0.05) is 18.9 Å². The molecule has 0 spiro atoms. The molecule has 1 heterocycles. The van der Waals surface area contributed by atoms with Crippen molar-refractivity contribution in [1.82, 2.24) is 4.98 Å². The first-order valence-corrected chi connectivity index (χ1v) is 5.80. The highest BCUT2D eigenvalue weighted by Crippen LogP contribution is 2.04. The molecule has 0 aliphatic carbocycles. The SMILES string of the molecule is CCSCCCNc1cccnc1. The van der Waals surface area contributed by atoms with Gasteiger partial charge in [-0.3, -0.25) is 4.98 Å². The van der Waals surface area contributed by atoms with E-state index < -0.39 is 0 Å². The minimum Gasteiger partial charge on any atom is -0.384 e. The second-order valence-electron chi connectivity index (χ2n) is 2.72. The number of nitrogens with one attached hydrogen (secondary N) is 1. The Morgan fingerprint density at radius 2 is 2.46 bits per heavy atom. The summed E-state index contributed by atoms with van der Waals surface area (Å²) in [6.07, 6.45) is 4.86. The van der Waals surface area contributed by atoms with E-state index in [1.807, 2.05) is 30.1 Å². The van der Waals surface area contributed by atoms with Gasteiger partial charge in [-0.15, -0.1) is 0 Å². The summed E-state index contributed by atoms with van der Waals surface area (Å²) in [6.45, 7) is 3.23. The van der Waals surface area contributed by atoms with Crippen LogP contribution in [0.4, 0.5) is 5.69 Å². The van der Waals surface area contributed by atoms with Crippen LogP contribution >= 0.6 is 11.8 Å². The van der Waals surface area contributed by atoms with Gasteiger partial charge in [0.2, 0.25) is 0 Å². The molecule has 0 fully saturated rings. The molecule has 0 saturated heterocycles. The number of thioether (sulfide) groups is 1. The quantitative estimate of drug-likeness (QED) is 0.708. The lowest BCUT2D eigenvalue weighted by Gasteiger charge is -2.04. The van der Waals surface area contributed by atoms with Crippen LogP contribution in [0.25, 0.3) is 0 Å². The molecule has 2 nitrogen and oxygen atoms in total. The smallest absolute Gasteiger partial charge is 0.0526 e. The van der Waals surface area contributed by atoms with Gasteiger partial charge in [-0.2, -0.15) is 11.8 Å². The highest BCUT2D eigenvalue weighted by molar-refractivity contribution is 7.99. The highest BCUT2D eigenvalue weighted by atomic mass is 32.2. The summed E-state index contributed by atoms with van der Waals surface area (Å²) in [6, 6.07) is 3.99. The van der Waals surface area contributed by atoms with Crippen molar-refractivity contribution < 1.29 is 0 Å². The molecular formula is C10H16N2S. The Kier molecular flexibility index (Phi) is 5.41. The van der Waals surface area contributed by atoms with Crippen molar-refractivity contribution in [3.8, 4) is 0 Å². The fourth-order valence-electron chi connectivity index (χ4n) is 1.02. The molecule has 0 atom stereocenters. The molecule has 1 rings (SSSR count). The Morgan fingerprint density at radius 1 is 1.54 bits per heavy atom. The normalized spacial score (nSPS) is 9.92. The predicted molar refractivity (Wildman–Crippen MR) is 60.3 cm³/mol. The van der Waals surface area contributed by atoms with Gasteiger partial charge in [0.05, 0.1) is 5.69 Å². The average molecular weight is 196 g/mol. The lowest BCUT2D eigenvalue weighted by molar-refractivity contribution is 0.989. The van der Waals surface area contributed by atoms with E-state index in [0.29, 0.717) is 0 Å². The van der Waals surface area contributed by atoms with Crippen LogP contribution in [-0.2, 0) is 0 Å². The van der Waals surface area contributed by atoms with Crippen molar-refractivity contribution in [1.29, 1.82) is 0 Å². The summed E-state index contributed by atoms with van der Waals surface area (Å²) in [5, 5.41) is 3.33. The summed E-state index contributed by atoms with van der Waals surface area (Å²) < 4.78 is 0. The molecule has 0 aromatic carbocycles. The Labute approximate surface area is 84.1 Å². The molecule has 1 N–H and O–H groups in total. The summed E-state index contributed by atoms with van der Waals surface area (Å²) >= 11 is 1.99. The Hall–Kier alpha value is -0.700. The fourth-order valence-corrected chi connectivity index (χ4v) is 1.66. The maximum absolute atomic E-state index is 4.03. The van der Waals surface area contributed by atoms with Crippen LogP contribution in [0.15, 0.2) is 24.5 Å². The second-order valence-corrected chi connectivity index (χ2v) is 4.11. The van der Waals surface area contributed by atoms with Crippen LogP contribution in [0.5, 0.6) is 0 Å². The standard InChI is InChI=1S/C10H16N2S/c1-2-13-8-4-7-12-10-5-3-6-11-9-10/h3,5-6,9,12H,2,4,7-8H2,1H3. The number of pyridine rings is 1. The van der Waals surface area contributed by atoms with Gasteiger partial charge < -0.3 is 5.32 Å². The van der Waals surface area contributed by atoms with Gasteiger partial charge in [0.15, 0.2) is 0 Å².